The van der Waals surface area contributed by atoms with Crippen molar-refractivity contribution in [3.8, 4) is 0 Å². The van der Waals surface area contributed by atoms with Crippen molar-refractivity contribution in [3.05, 3.63) is 0 Å². The highest BCUT2D eigenvalue weighted by Crippen LogP contribution is 2.14. The van der Waals surface area contributed by atoms with Gasteiger partial charge in [-0.2, -0.15) is 0 Å². The van der Waals surface area contributed by atoms with Gasteiger partial charge in [0.05, 0.1) is 0 Å². The molecule has 0 saturated heterocycles. The van der Waals surface area contributed by atoms with E-state index in [-0.39, 0.29) is 6.42 Å². The van der Waals surface area contributed by atoms with Crippen molar-refractivity contribution in [1.82, 2.24) is 0 Å². The highest BCUT2D eigenvalue weighted by atomic mass is 16.7. The molecule has 60 valence electrons. The summed E-state index contributed by atoms with van der Waals surface area (Å²) in [5.74, 6) is -6.09. The SMILES string of the molecule is CCC(C(=O)O)C(O)(O)O. The highest BCUT2D eigenvalue weighted by Gasteiger charge is 2.36. The molecule has 4 N–H and O–H groups in total. The molecule has 0 aliphatic rings. The molecular weight excluding hydrogens is 140 g/mol. The minimum Gasteiger partial charge on any atom is -0.481 e. The van der Waals surface area contributed by atoms with Gasteiger partial charge in [0.2, 0.25) is 0 Å². The second kappa shape index (κ2) is 2.96. The highest BCUT2D eigenvalue weighted by molar-refractivity contribution is 5.70. The third kappa shape index (κ3) is 2.30. The minimum absolute atomic E-state index is 0.0428. The van der Waals surface area contributed by atoms with Gasteiger partial charge in [-0.3, -0.25) is 4.79 Å². The van der Waals surface area contributed by atoms with Crippen molar-refractivity contribution in [2.24, 2.45) is 5.92 Å². The van der Waals surface area contributed by atoms with Crippen molar-refractivity contribution in [2.45, 2.75) is 19.3 Å². The minimum atomic E-state index is -3.11. The van der Waals surface area contributed by atoms with Gasteiger partial charge < -0.3 is 20.4 Å². The number of aliphatic hydroxyl groups is 3. The predicted octanol–water partition coefficient (Wildman–Crippen LogP) is -1.27. The Balaban J connectivity index is 4.22. The molecule has 0 aliphatic heterocycles. The lowest BCUT2D eigenvalue weighted by molar-refractivity contribution is -0.337. The summed E-state index contributed by atoms with van der Waals surface area (Å²) in [6.07, 6.45) is -0.0428. The van der Waals surface area contributed by atoms with Crippen LogP contribution in [0.3, 0.4) is 0 Å². The van der Waals surface area contributed by atoms with Gasteiger partial charge in [0, 0.05) is 0 Å². The zero-order chi connectivity index (χ0) is 8.36. The van der Waals surface area contributed by atoms with Crippen LogP contribution in [0.2, 0.25) is 0 Å². The van der Waals surface area contributed by atoms with Crippen LogP contribution < -0.4 is 0 Å². The van der Waals surface area contributed by atoms with Crippen molar-refractivity contribution in [2.75, 3.05) is 0 Å². The van der Waals surface area contributed by atoms with Gasteiger partial charge in [0.1, 0.15) is 5.92 Å². The molecule has 5 heteroatoms. The number of carboxylic acid groups (broad SMARTS) is 1. The number of carbonyl (C=O) groups is 1. The summed E-state index contributed by atoms with van der Waals surface area (Å²) < 4.78 is 0. The average Bonchev–Trinajstić information content (AvgIpc) is 1.60. The maximum Gasteiger partial charge on any atom is 0.314 e. The summed E-state index contributed by atoms with van der Waals surface area (Å²) in [7, 11) is 0. The van der Waals surface area contributed by atoms with Gasteiger partial charge in [-0.15, -0.1) is 0 Å². The maximum absolute atomic E-state index is 10.1. The molecule has 1 unspecified atom stereocenters. The van der Waals surface area contributed by atoms with Gasteiger partial charge in [0.25, 0.3) is 5.97 Å². The van der Waals surface area contributed by atoms with E-state index in [0.717, 1.165) is 0 Å². The smallest absolute Gasteiger partial charge is 0.314 e. The molecule has 0 radical (unpaired) electrons. The zero-order valence-electron chi connectivity index (χ0n) is 5.48. The first-order valence-corrected chi connectivity index (χ1v) is 2.79. The second-order valence-electron chi connectivity index (χ2n) is 1.99. The molecule has 0 heterocycles. The topological polar surface area (TPSA) is 98.0 Å². The lowest BCUT2D eigenvalue weighted by Crippen LogP contribution is -2.41. The number of rotatable bonds is 3. The number of hydrogen-bond donors (Lipinski definition) is 4. The van der Waals surface area contributed by atoms with Crippen LogP contribution in [-0.2, 0) is 4.79 Å². The van der Waals surface area contributed by atoms with Gasteiger partial charge in [0.15, 0.2) is 0 Å². The van der Waals surface area contributed by atoms with Crippen LogP contribution in [0.15, 0.2) is 0 Å². The summed E-state index contributed by atoms with van der Waals surface area (Å²) in [6, 6.07) is 0. The van der Waals surface area contributed by atoms with E-state index in [2.05, 4.69) is 0 Å². The molecule has 0 spiro atoms. The molecule has 0 aliphatic carbocycles. The fourth-order valence-corrected chi connectivity index (χ4v) is 0.614. The van der Waals surface area contributed by atoms with Crippen LogP contribution in [0.5, 0.6) is 0 Å². The Hall–Kier alpha value is -0.650. The Bertz CT molecular complexity index is 124. The predicted molar refractivity (Wildman–Crippen MR) is 30.8 cm³/mol. The summed E-state index contributed by atoms with van der Waals surface area (Å²) in [6.45, 7) is 1.43. The molecule has 0 amide bonds. The molecule has 10 heavy (non-hydrogen) atoms. The van der Waals surface area contributed by atoms with E-state index >= 15 is 0 Å². The Morgan fingerprint density at radius 1 is 1.50 bits per heavy atom. The van der Waals surface area contributed by atoms with Crippen LogP contribution in [0.25, 0.3) is 0 Å². The largest absolute Gasteiger partial charge is 0.481 e. The molecule has 1 atom stereocenters. The lowest BCUT2D eigenvalue weighted by atomic mass is 10.1. The molecule has 0 aromatic carbocycles. The van der Waals surface area contributed by atoms with E-state index in [1.165, 1.54) is 6.92 Å². The van der Waals surface area contributed by atoms with Crippen LogP contribution in [0.4, 0.5) is 0 Å². The first-order valence-electron chi connectivity index (χ1n) is 2.79. The number of carboxylic acids is 1. The van der Waals surface area contributed by atoms with E-state index in [9.17, 15) is 4.79 Å². The first kappa shape index (κ1) is 9.35. The molecule has 0 fully saturated rings. The molecular formula is C5H10O5. The van der Waals surface area contributed by atoms with Gasteiger partial charge in [-0.25, -0.2) is 0 Å². The zero-order valence-corrected chi connectivity index (χ0v) is 5.48. The third-order valence-corrected chi connectivity index (χ3v) is 1.17. The fourth-order valence-electron chi connectivity index (χ4n) is 0.614. The van der Waals surface area contributed by atoms with Gasteiger partial charge >= 0.3 is 5.97 Å². The fraction of sp³-hybridized carbons (Fsp3) is 0.800. The van der Waals surface area contributed by atoms with E-state index in [0.29, 0.717) is 0 Å². The average molecular weight is 150 g/mol. The van der Waals surface area contributed by atoms with E-state index in [4.69, 9.17) is 20.4 Å². The van der Waals surface area contributed by atoms with Crippen molar-refractivity contribution in [1.29, 1.82) is 0 Å². The van der Waals surface area contributed by atoms with Crippen molar-refractivity contribution >= 4 is 5.97 Å². The summed E-state index contributed by atoms with van der Waals surface area (Å²) in [4.78, 5) is 10.1. The molecule has 0 saturated carbocycles. The van der Waals surface area contributed by atoms with E-state index in [1.807, 2.05) is 0 Å². The van der Waals surface area contributed by atoms with Gasteiger partial charge in [-0.05, 0) is 6.42 Å². The Labute approximate surface area is 57.5 Å². The third-order valence-electron chi connectivity index (χ3n) is 1.17. The Morgan fingerprint density at radius 3 is 1.90 bits per heavy atom. The van der Waals surface area contributed by atoms with Crippen molar-refractivity contribution in [3.63, 3.8) is 0 Å². The van der Waals surface area contributed by atoms with Crippen LogP contribution in [-0.4, -0.2) is 32.4 Å². The Morgan fingerprint density at radius 2 is 1.90 bits per heavy atom. The van der Waals surface area contributed by atoms with E-state index in [1.54, 1.807) is 0 Å². The molecule has 0 bridgehead atoms. The standard InChI is InChI=1S/C5H10O5/c1-2-3(4(6)7)5(8,9)10/h3,8-10H,2H2,1H3,(H,6,7). The Kier molecular flexibility index (Phi) is 2.77. The summed E-state index contributed by atoms with van der Waals surface area (Å²) in [5, 5.41) is 33.4. The van der Waals surface area contributed by atoms with Crippen LogP contribution in [0.1, 0.15) is 13.3 Å². The number of aliphatic carboxylic acids is 1. The monoisotopic (exact) mass is 150 g/mol. The van der Waals surface area contributed by atoms with Crippen LogP contribution in [0, 0.1) is 5.92 Å². The van der Waals surface area contributed by atoms with Gasteiger partial charge in [-0.1, -0.05) is 6.92 Å². The quantitative estimate of drug-likeness (QED) is 0.376. The first-order chi connectivity index (χ1) is 4.39. The number of hydrogen-bond acceptors (Lipinski definition) is 4. The summed E-state index contributed by atoms with van der Waals surface area (Å²) >= 11 is 0. The van der Waals surface area contributed by atoms with Crippen LogP contribution >= 0.6 is 0 Å². The maximum atomic E-state index is 10.1. The molecule has 0 aromatic heterocycles. The molecule has 5 nitrogen and oxygen atoms in total. The molecule has 0 rings (SSSR count). The normalized spacial score (nSPS) is 14.8. The second-order valence-corrected chi connectivity index (χ2v) is 1.99. The van der Waals surface area contributed by atoms with Crippen molar-refractivity contribution < 1.29 is 25.2 Å². The summed E-state index contributed by atoms with van der Waals surface area (Å²) in [5.41, 5.74) is 0. The lowest BCUT2D eigenvalue weighted by Gasteiger charge is -2.20. The molecule has 0 aromatic rings. The van der Waals surface area contributed by atoms with E-state index < -0.39 is 17.9 Å².